The summed E-state index contributed by atoms with van der Waals surface area (Å²) in [5.74, 6) is -0.0126. The van der Waals surface area contributed by atoms with E-state index in [2.05, 4.69) is 4.98 Å². The van der Waals surface area contributed by atoms with Gasteiger partial charge >= 0.3 is 0 Å². The molecule has 0 aliphatic heterocycles. The Bertz CT molecular complexity index is 3450. The highest BCUT2D eigenvalue weighted by molar-refractivity contribution is 7.21. The maximum absolute atomic E-state index is 15.9. The molecule has 11 rings (SSSR count). The molecule has 0 unspecified atom stereocenters. The first-order valence-corrected chi connectivity index (χ1v) is 18.8. The third-order valence-corrected chi connectivity index (χ3v) is 11.1. The van der Waals surface area contributed by atoms with E-state index in [1.165, 1.54) is 0 Å². The molecular formula is C50H30FN3OS. The molecule has 0 spiro atoms. The Labute approximate surface area is 333 Å². The molecule has 0 aliphatic rings. The summed E-state index contributed by atoms with van der Waals surface area (Å²) in [5.41, 5.74) is 5.33. The third kappa shape index (κ3) is 5.50. The van der Waals surface area contributed by atoms with Crippen LogP contribution in [0.5, 0.6) is 0 Å². The quantitative estimate of drug-likeness (QED) is 0.159. The normalized spacial score (nSPS) is 13.2. The molecule has 56 heavy (non-hydrogen) atoms. The van der Waals surface area contributed by atoms with Crippen molar-refractivity contribution in [2.24, 2.45) is 0 Å². The lowest BCUT2D eigenvalue weighted by Crippen LogP contribution is -2.09. The predicted octanol–water partition coefficient (Wildman–Crippen LogP) is 14.5. The van der Waals surface area contributed by atoms with Crippen LogP contribution in [0.15, 0.2) is 186 Å². The number of oxazole rings is 1. The van der Waals surface area contributed by atoms with Crippen molar-refractivity contribution in [2.75, 3.05) is 4.90 Å². The SMILES string of the molecule is [2H]c1c(N(c2ccc(-c3nc4ccccc4o3)cc2)c2ccc(-c3nc4ccccc4s3)cc2)c([2H])c2c([2H])c([2H])c(-c3cccc4c(F)c5ccccc5cc34)c([2H])c2c1[2H]. The summed E-state index contributed by atoms with van der Waals surface area (Å²) in [6.07, 6.45) is 0. The van der Waals surface area contributed by atoms with Crippen LogP contribution in [-0.4, -0.2) is 9.97 Å². The Balaban J connectivity index is 1.10. The highest BCUT2D eigenvalue weighted by Gasteiger charge is 2.17. The van der Waals surface area contributed by atoms with Crippen molar-refractivity contribution >= 4 is 82.0 Å². The lowest BCUT2D eigenvalue weighted by Gasteiger charge is -2.26. The summed E-state index contributed by atoms with van der Waals surface area (Å²) in [5, 5.41) is 2.44. The van der Waals surface area contributed by atoms with Gasteiger partial charge < -0.3 is 9.32 Å². The van der Waals surface area contributed by atoms with Crippen molar-refractivity contribution < 1.29 is 17.0 Å². The number of aromatic nitrogens is 2. The molecular weight excluding hydrogens is 710 g/mol. The van der Waals surface area contributed by atoms with Gasteiger partial charge in [-0.2, -0.15) is 0 Å². The Morgan fingerprint density at radius 1 is 0.536 bits per heavy atom. The van der Waals surface area contributed by atoms with Crippen LogP contribution in [0, 0.1) is 5.82 Å². The molecule has 264 valence electrons. The van der Waals surface area contributed by atoms with E-state index in [4.69, 9.17) is 9.40 Å². The molecule has 4 nitrogen and oxygen atoms in total. The van der Waals surface area contributed by atoms with E-state index in [-0.39, 0.29) is 58.3 Å². The first kappa shape index (κ1) is 26.6. The molecule has 0 radical (unpaired) electrons. The van der Waals surface area contributed by atoms with Gasteiger partial charge in [0.25, 0.3) is 0 Å². The van der Waals surface area contributed by atoms with Gasteiger partial charge in [0.15, 0.2) is 5.58 Å². The van der Waals surface area contributed by atoms with E-state index in [0.29, 0.717) is 55.5 Å². The number of fused-ring (bicyclic) bond motifs is 5. The Kier molecular flexibility index (Phi) is 6.18. The largest absolute Gasteiger partial charge is 0.436 e. The van der Waals surface area contributed by atoms with Gasteiger partial charge in [-0.05, 0) is 130 Å². The van der Waals surface area contributed by atoms with Crippen molar-refractivity contribution in [3.8, 4) is 33.2 Å². The third-order valence-electron chi connectivity index (χ3n) is 10.0. The lowest BCUT2D eigenvalue weighted by molar-refractivity contribution is 0.620. The van der Waals surface area contributed by atoms with Crippen molar-refractivity contribution in [3.05, 3.63) is 188 Å². The average molecular weight is 746 g/mol. The molecule has 0 N–H and O–H groups in total. The van der Waals surface area contributed by atoms with Gasteiger partial charge in [-0.25, -0.2) is 14.4 Å². The fourth-order valence-corrected chi connectivity index (χ4v) is 8.24. The highest BCUT2D eigenvalue weighted by atomic mass is 32.1. The highest BCUT2D eigenvalue weighted by Crippen LogP contribution is 2.41. The van der Waals surface area contributed by atoms with Gasteiger partial charge in [0.2, 0.25) is 5.89 Å². The Hall–Kier alpha value is -7.15. The van der Waals surface area contributed by atoms with E-state index in [0.717, 1.165) is 26.3 Å². The van der Waals surface area contributed by atoms with Crippen LogP contribution >= 0.6 is 11.3 Å². The number of hydrogen-bond acceptors (Lipinski definition) is 5. The standard InChI is InChI=1S/C50H30FN3OS/c51-48-41-9-2-1-8-35(41)30-43-40(10-7-11-42(43)48)36-17-16-34-29-39(27-22-33(34)28-36)54(37-23-18-31(19-24-37)49-52-44-12-3-5-14-46(44)55-49)38-25-20-32(21-26-38)50-53-45-13-4-6-15-47(45)56-50/h1-30H/i16D,17D,22D,27D,28D,29D. The van der Waals surface area contributed by atoms with Gasteiger partial charge in [-0.15, -0.1) is 11.3 Å². The number of nitrogens with zero attached hydrogens (tertiary/aromatic N) is 3. The maximum atomic E-state index is 15.9. The molecule has 0 bridgehead atoms. The first-order chi connectivity index (χ1) is 30.2. The van der Waals surface area contributed by atoms with E-state index in [1.54, 1.807) is 52.6 Å². The van der Waals surface area contributed by atoms with Crippen molar-refractivity contribution in [1.82, 2.24) is 9.97 Å². The number of thiazole rings is 1. The summed E-state index contributed by atoms with van der Waals surface area (Å²) in [7, 11) is 0. The van der Waals surface area contributed by atoms with Gasteiger partial charge in [0.1, 0.15) is 16.3 Å². The van der Waals surface area contributed by atoms with Gasteiger partial charge in [0, 0.05) is 39.0 Å². The molecule has 9 aromatic carbocycles. The molecule has 0 saturated heterocycles. The fraction of sp³-hybridized carbons (Fsp3) is 0. The summed E-state index contributed by atoms with van der Waals surface area (Å²) >= 11 is 1.57. The molecule has 0 saturated carbocycles. The minimum absolute atomic E-state index is 0.00333. The predicted molar refractivity (Wildman–Crippen MR) is 231 cm³/mol. The summed E-state index contributed by atoms with van der Waals surface area (Å²) in [4.78, 5) is 11.2. The van der Waals surface area contributed by atoms with Gasteiger partial charge in [0.05, 0.1) is 18.4 Å². The minimum atomic E-state index is -0.437. The first-order valence-electron chi connectivity index (χ1n) is 21.0. The zero-order chi connectivity index (χ0) is 42.4. The Morgan fingerprint density at radius 3 is 2.05 bits per heavy atom. The van der Waals surface area contributed by atoms with Crippen LogP contribution in [0.3, 0.4) is 0 Å². The van der Waals surface area contributed by atoms with E-state index in [9.17, 15) is 8.22 Å². The molecule has 0 amide bonds. The van der Waals surface area contributed by atoms with Crippen molar-refractivity contribution in [2.45, 2.75) is 0 Å². The number of rotatable bonds is 6. The topological polar surface area (TPSA) is 42.2 Å². The smallest absolute Gasteiger partial charge is 0.227 e. The molecule has 0 atom stereocenters. The number of benzene rings is 9. The fourth-order valence-electron chi connectivity index (χ4n) is 7.27. The monoisotopic (exact) mass is 745 g/mol. The second kappa shape index (κ2) is 13.0. The van der Waals surface area contributed by atoms with E-state index in [1.807, 2.05) is 109 Å². The van der Waals surface area contributed by atoms with Crippen LogP contribution in [0.1, 0.15) is 8.22 Å². The summed E-state index contributed by atoms with van der Waals surface area (Å²) in [6, 6.07) is 42.1. The van der Waals surface area contributed by atoms with Crippen molar-refractivity contribution in [3.63, 3.8) is 0 Å². The lowest BCUT2D eigenvalue weighted by atomic mass is 9.94. The van der Waals surface area contributed by atoms with Gasteiger partial charge in [-0.3, -0.25) is 0 Å². The Morgan fingerprint density at radius 2 is 1.23 bits per heavy atom. The van der Waals surface area contributed by atoms with Crippen LogP contribution in [0.4, 0.5) is 21.5 Å². The zero-order valence-corrected chi connectivity index (χ0v) is 30.2. The number of para-hydroxylation sites is 3. The van der Waals surface area contributed by atoms with E-state index < -0.39 is 5.82 Å². The molecule has 0 aliphatic carbocycles. The van der Waals surface area contributed by atoms with Crippen LogP contribution in [0.25, 0.3) is 86.8 Å². The number of hydrogen-bond donors (Lipinski definition) is 0. The second-order valence-electron chi connectivity index (χ2n) is 13.4. The van der Waals surface area contributed by atoms with E-state index >= 15 is 4.39 Å². The molecule has 0 fully saturated rings. The molecule has 2 aromatic heterocycles. The maximum Gasteiger partial charge on any atom is 0.227 e. The molecule has 11 aromatic rings. The number of anilines is 3. The molecule has 6 heteroatoms. The number of halogens is 1. The second-order valence-corrected chi connectivity index (χ2v) is 14.5. The summed E-state index contributed by atoms with van der Waals surface area (Å²) < 4.78 is 80.0. The van der Waals surface area contributed by atoms with Crippen LogP contribution in [0.2, 0.25) is 0 Å². The van der Waals surface area contributed by atoms with Crippen molar-refractivity contribution in [1.29, 1.82) is 0 Å². The van der Waals surface area contributed by atoms with Gasteiger partial charge in [-0.1, -0.05) is 84.9 Å². The molecule has 2 heterocycles. The minimum Gasteiger partial charge on any atom is -0.436 e. The van der Waals surface area contributed by atoms with Crippen LogP contribution < -0.4 is 4.90 Å². The summed E-state index contributed by atoms with van der Waals surface area (Å²) in [6.45, 7) is 0. The zero-order valence-electron chi connectivity index (χ0n) is 35.4. The van der Waals surface area contributed by atoms with Crippen LogP contribution in [-0.2, 0) is 0 Å². The average Bonchev–Trinajstić information content (AvgIpc) is 3.94.